The van der Waals surface area contributed by atoms with E-state index in [9.17, 15) is 4.79 Å². The van der Waals surface area contributed by atoms with Crippen molar-refractivity contribution in [2.75, 3.05) is 6.61 Å². The lowest BCUT2D eigenvalue weighted by molar-refractivity contribution is -0.126. The largest absolute Gasteiger partial charge is 0.368 e. The second kappa shape index (κ2) is 9.93. The van der Waals surface area contributed by atoms with Gasteiger partial charge in [0, 0.05) is 6.04 Å². The molecule has 0 saturated carbocycles. The first-order valence-corrected chi connectivity index (χ1v) is 5.82. The van der Waals surface area contributed by atoms with Crippen molar-refractivity contribution in [3.05, 3.63) is 0 Å². The quantitative estimate of drug-likeness (QED) is 0.432. The smallest absolute Gasteiger partial charge is 0.245 e. The third kappa shape index (κ3) is 11.3. The van der Waals surface area contributed by atoms with Gasteiger partial charge >= 0.3 is 0 Å². The van der Waals surface area contributed by atoms with Crippen LogP contribution in [0.1, 0.15) is 52.4 Å². The van der Waals surface area contributed by atoms with E-state index in [4.69, 9.17) is 10.6 Å². The monoisotopic (exact) mass is 216 g/mol. The SMILES string of the molecule is CCCCCCCC(C)NOCC(N)=O. The number of hydrogen-bond acceptors (Lipinski definition) is 3. The van der Waals surface area contributed by atoms with Crippen LogP contribution in [0.5, 0.6) is 0 Å². The van der Waals surface area contributed by atoms with Gasteiger partial charge < -0.3 is 5.73 Å². The van der Waals surface area contributed by atoms with Gasteiger partial charge in [-0.15, -0.1) is 0 Å². The maximum Gasteiger partial charge on any atom is 0.245 e. The van der Waals surface area contributed by atoms with E-state index < -0.39 is 5.91 Å². The van der Waals surface area contributed by atoms with Gasteiger partial charge in [0.2, 0.25) is 5.91 Å². The van der Waals surface area contributed by atoms with E-state index in [-0.39, 0.29) is 12.6 Å². The van der Waals surface area contributed by atoms with E-state index in [0.717, 1.165) is 6.42 Å². The molecule has 0 heterocycles. The van der Waals surface area contributed by atoms with Crippen molar-refractivity contribution in [3.8, 4) is 0 Å². The average molecular weight is 216 g/mol. The summed E-state index contributed by atoms with van der Waals surface area (Å²) < 4.78 is 0. The number of primary amides is 1. The molecule has 0 aromatic rings. The van der Waals surface area contributed by atoms with Crippen molar-refractivity contribution in [2.45, 2.75) is 58.4 Å². The fraction of sp³-hybridized carbons (Fsp3) is 0.909. The van der Waals surface area contributed by atoms with Gasteiger partial charge in [-0.25, -0.2) is 0 Å². The number of hydrogen-bond donors (Lipinski definition) is 2. The minimum absolute atomic E-state index is 0.0554. The highest BCUT2D eigenvalue weighted by Crippen LogP contribution is 2.06. The van der Waals surface area contributed by atoms with Crippen LogP contribution < -0.4 is 11.2 Å². The lowest BCUT2D eigenvalue weighted by Gasteiger charge is -2.12. The molecule has 1 atom stereocenters. The molecule has 3 N–H and O–H groups in total. The van der Waals surface area contributed by atoms with Gasteiger partial charge in [0.15, 0.2) is 0 Å². The second-order valence-corrected chi connectivity index (χ2v) is 3.98. The van der Waals surface area contributed by atoms with Crippen LogP contribution in [0.2, 0.25) is 0 Å². The van der Waals surface area contributed by atoms with E-state index in [2.05, 4.69) is 12.4 Å². The van der Waals surface area contributed by atoms with E-state index in [0.29, 0.717) is 0 Å². The Hall–Kier alpha value is -0.610. The summed E-state index contributed by atoms with van der Waals surface area (Å²) in [5.74, 6) is -0.447. The summed E-state index contributed by atoms with van der Waals surface area (Å²) in [4.78, 5) is 15.3. The van der Waals surface area contributed by atoms with Crippen LogP contribution in [0.3, 0.4) is 0 Å². The van der Waals surface area contributed by atoms with Gasteiger partial charge in [-0.1, -0.05) is 39.0 Å². The molecular formula is C11H24N2O2. The zero-order valence-corrected chi connectivity index (χ0v) is 9.92. The third-order valence-corrected chi connectivity index (χ3v) is 2.24. The molecule has 0 radical (unpaired) electrons. The van der Waals surface area contributed by atoms with Crippen LogP contribution in [-0.2, 0) is 9.63 Å². The fourth-order valence-corrected chi connectivity index (χ4v) is 1.37. The van der Waals surface area contributed by atoms with Gasteiger partial charge in [0.25, 0.3) is 0 Å². The first kappa shape index (κ1) is 14.4. The van der Waals surface area contributed by atoms with Crippen molar-refractivity contribution >= 4 is 5.91 Å². The molecule has 0 saturated heterocycles. The summed E-state index contributed by atoms with van der Waals surface area (Å²) in [6, 6.07) is 0.283. The topological polar surface area (TPSA) is 64.3 Å². The lowest BCUT2D eigenvalue weighted by Crippen LogP contribution is -2.30. The number of unbranched alkanes of at least 4 members (excludes halogenated alkanes) is 4. The van der Waals surface area contributed by atoms with Crippen LogP contribution in [0, 0.1) is 0 Å². The maximum absolute atomic E-state index is 10.4. The summed E-state index contributed by atoms with van der Waals surface area (Å²) in [5, 5.41) is 0. The van der Waals surface area contributed by atoms with Crippen molar-refractivity contribution in [2.24, 2.45) is 5.73 Å². The van der Waals surface area contributed by atoms with E-state index in [1.807, 2.05) is 6.92 Å². The highest BCUT2D eigenvalue weighted by molar-refractivity contribution is 5.74. The molecule has 0 spiro atoms. The van der Waals surface area contributed by atoms with E-state index >= 15 is 0 Å². The molecule has 0 aliphatic heterocycles. The van der Waals surface area contributed by atoms with E-state index in [1.54, 1.807) is 0 Å². The molecule has 0 rings (SSSR count). The van der Waals surface area contributed by atoms with Crippen LogP contribution in [0.4, 0.5) is 0 Å². The molecule has 4 heteroatoms. The van der Waals surface area contributed by atoms with Crippen LogP contribution in [0.15, 0.2) is 0 Å². The summed E-state index contributed by atoms with van der Waals surface area (Å²) in [6.07, 6.45) is 7.45. The Morgan fingerprint density at radius 3 is 2.60 bits per heavy atom. The summed E-state index contributed by atoms with van der Waals surface area (Å²) in [6.45, 7) is 4.20. The molecular weight excluding hydrogens is 192 g/mol. The summed E-state index contributed by atoms with van der Waals surface area (Å²) >= 11 is 0. The van der Waals surface area contributed by atoms with Gasteiger partial charge in [-0.3, -0.25) is 9.63 Å². The highest BCUT2D eigenvalue weighted by Gasteiger charge is 2.02. The van der Waals surface area contributed by atoms with Crippen molar-refractivity contribution < 1.29 is 9.63 Å². The normalized spacial score (nSPS) is 12.7. The molecule has 90 valence electrons. The average Bonchev–Trinajstić information content (AvgIpc) is 2.17. The van der Waals surface area contributed by atoms with Gasteiger partial charge in [-0.2, -0.15) is 5.48 Å². The van der Waals surface area contributed by atoms with Gasteiger partial charge in [-0.05, 0) is 13.3 Å². The van der Waals surface area contributed by atoms with Crippen LogP contribution >= 0.6 is 0 Å². The minimum Gasteiger partial charge on any atom is -0.368 e. The van der Waals surface area contributed by atoms with Crippen molar-refractivity contribution in [1.82, 2.24) is 5.48 Å². The number of carbonyl (C=O) groups excluding carboxylic acids is 1. The molecule has 1 amide bonds. The molecule has 0 aromatic carbocycles. The lowest BCUT2D eigenvalue weighted by atomic mass is 10.1. The van der Waals surface area contributed by atoms with Crippen molar-refractivity contribution in [1.29, 1.82) is 0 Å². The standard InChI is InChI=1S/C11H24N2O2/c1-3-4-5-6-7-8-10(2)13-15-9-11(12)14/h10,13H,3-9H2,1-2H3,(H2,12,14). The first-order valence-electron chi connectivity index (χ1n) is 5.82. The number of nitrogens with two attached hydrogens (primary N) is 1. The number of hydroxylamine groups is 1. The molecule has 0 aliphatic rings. The van der Waals surface area contributed by atoms with Crippen molar-refractivity contribution in [3.63, 3.8) is 0 Å². The predicted octanol–water partition coefficient (Wildman–Crippen LogP) is 1.74. The minimum atomic E-state index is -0.447. The Bertz CT molecular complexity index is 163. The molecule has 0 aliphatic carbocycles. The highest BCUT2D eigenvalue weighted by atomic mass is 16.6. The summed E-state index contributed by atoms with van der Waals surface area (Å²) in [7, 11) is 0. The summed E-state index contributed by atoms with van der Waals surface area (Å²) in [5.41, 5.74) is 7.73. The fourth-order valence-electron chi connectivity index (χ4n) is 1.37. The molecule has 4 nitrogen and oxygen atoms in total. The molecule has 0 aromatic heterocycles. The third-order valence-electron chi connectivity index (χ3n) is 2.24. The Labute approximate surface area is 92.5 Å². The molecule has 0 fully saturated rings. The zero-order valence-electron chi connectivity index (χ0n) is 9.92. The number of carbonyl (C=O) groups is 1. The number of nitrogens with one attached hydrogen (secondary N) is 1. The Balaban J connectivity index is 3.18. The van der Waals surface area contributed by atoms with Crippen LogP contribution in [-0.4, -0.2) is 18.6 Å². The Morgan fingerprint density at radius 2 is 2.00 bits per heavy atom. The van der Waals surface area contributed by atoms with Crippen LogP contribution in [0.25, 0.3) is 0 Å². The van der Waals surface area contributed by atoms with Gasteiger partial charge in [0.1, 0.15) is 6.61 Å². The molecule has 0 bridgehead atoms. The Morgan fingerprint density at radius 1 is 1.33 bits per heavy atom. The zero-order chi connectivity index (χ0) is 11.5. The van der Waals surface area contributed by atoms with E-state index in [1.165, 1.54) is 32.1 Å². The predicted molar refractivity (Wildman–Crippen MR) is 61.1 cm³/mol. The molecule has 15 heavy (non-hydrogen) atoms. The maximum atomic E-state index is 10.4. The number of rotatable bonds is 10. The van der Waals surface area contributed by atoms with Gasteiger partial charge in [0.05, 0.1) is 0 Å². The first-order chi connectivity index (χ1) is 7.16. The second-order valence-electron chi connectivity index (χ2n) is 3.98. The Kier molecular flexibility index (Phi) is 9.52. The molecule has 1 unspecified atom stereocenters. The number of amides is 1.